The van der Waals surface area contributed by atoms with Crippen LogP contribution in [-0.4, -0.2) is 37.8 Å². The lowest BCUT2D eigenvalue weighted by Crippen LogP contribution is -2.58. The molecule has 0 saturated heterocycles. The van der Waals surface area contributed by atoms with Crippen LogP contribution in [0.15, 0.2) is 28.2 Å². The van der Waals surface area contributed by atoms with E-state index in [9.17, 15) is 4.79 Å². The van der Waals surface area contributed by atoms with E-state index in [-0.39, 0.29) is 24.3 Å². The number of anilines is 1. The monoisotopic (exact) mass is 359 g/mol. The first-order valence-corrected chi connectivity index (χ1v) is 8.73. The molecule has 1 saturated carbocycles. The van der Waals surface area contributed by atoms with E-state index in [1.54, 1.807) is 7.11 Å². The average Bonchev–Trinajstić information content (AvgIpc) is 2.62. The molecule has 0 radical (unpaired) electrons. The Morgan fingerprint density at radius 3 is 2.62 bits per heavy atom. The van der Waals surface area contributed by atoms with Gasteiger partial charge in [0.15, 0.2) is 0 Å². The Morgan fingerprint density at radius 1 is 1.23 bits per heavy atom. The summed E-state index contributed by atoms with van der Waals surface area (Å²) in [7, 11) is 2.95. The standard InChI is InChI=1S/C18H25N5O3/c1-25-13-8-6-7-12(11-14(24)26-2)15(13)23-17(20)21-16(19)22-18(23)9-4-3-5-10-18/h6-8H,3-5,9-11H2,1-2H3,(H4,19,20,21,22). The molecule has 0 bridgehead atoms. The first kappa shape index (κ1) is 18.0. The van der Waals surface area contributed by atoms with Gasteiger partial charge in [-0.2, -0.15) is 4.99 Å². The third-order valence-corrected chi connectivity index (χ3v) is 4.94. The van der Waals surface area contributed by atoms with Crippen molar-refractivity contribution in [3.05, 3.63) is 23.8 Å². The average molecular weight is 359 g/mol. The molecule has 1 heterocycles. The largest absolute Gasteiger partial charge is 0.495 e. The number of hydrogen-bond donors (Lipinski definition) is 2. The third kappa shape index (κ3) is 3.18. The fraction of sp³-hybridized carbons (Fsp3) is 0.500. The molecule has 4 N–H and O–H groups in total. The molecule has 3 rings (SSSR count). The molecule has 1 aliphatic heterocycles. The highest BCUT2D eigenvalue weighted by Gasteiger charge is 2.44. The molecule has 1 aromatic rings. The Hall–Kier alpha value is -2.77. The minimum absolute atomic E-state index is 0.0993. The molecule has 8 heteroatoms. The van der Waals surface area contributed by atoms with Crippen LogP contribution in [0.3, 0.4) is 0 Å². The third-order valence-electron chi connectivity index (χ3n) is 4.94. The van der Waals surface area contributed by atoms with Gasteiger partial charge in [-0.1, -0.05) is 18.6 Å². The maximum atomic E-state index is 11.9. The van der Waals surface area contributed by atoms with E-state index in [0.29, 0.717) is 11.4 Å². The number of nitrogens with two attached hydrogens (primary N) is 2. The van der Waals surface area contributed by atoms with Crippen molar-refractivity contribution in [3.8, 4) is 5.75 Å². The normalized spacial score (nSPS) is 18.9. The fourth-order valence-corrected chi connectivity index (χ4v) is 3.80. The molecule has 1 spiro atoms. The van der Waals surface area contributed by atoms with Crippen molar-refractivity contribution in [3.63, 3.8) is 0 Å². The molecule has 1 aliphatic carbocycles. The highest BCUT2D eigenvalue weighted by atomic mass is 16.5. The summed E-state index contributed by atoms with van der Waals surface area (Å²) in [6.45, 7) is 0. The molecule has 0 amide bonds. The summed E-state index contributed by atoms with van der Waals surface area (Å²) in [6, 6.07) is 5.53. The lowest BCUT2D eigenvalue weighted by atomic mass is 9.86. The minimum Gasteiger partial charge on any atom is -0.495 e. The van der Waals surface area contributed by atoms with Crippen LogP contribution in [0.4, 0.5) is 5.69 Å². The smallest absolute Gasteiger partial charge is 0.310 e. The second-order valence-corrected chi connectivity index (χ2v) is 6.54. The quantitative estimate of drug-likeness (QED) is 0.788. The number of methoxy groups -OCH3 is 2. The number of nitrogens with zero attached hydrogens (tertiary/aromatic N) is 3. The molecular formula is C18H25N5O3. The summed E-state index contributed by atoms with van der Waals surface area (Å²) in [4.78, 5) is 22.7. The van der Waals surface area contributed by atoms with Crippen LogP contribution in [0.2, 0.25) is 0 Å². The number of carbonyl (C=O) groups is 1. The minimum atomic E-state index is -0.604. The number of benzene rings is 1. The SMILES string of the molecule is COC(=O)Cc1cccc(OC)c1N1C(N)=NC(N)=NC12CCCCC2. The van der Waals surface area contributed by atoms with Gasteiger partial charge in [-0.25, -0.2) is 4.99 Å². The summed E-state index contributed by atoms with van der Waals surface area (Å²) in [5.74, 6) is 0.706. The number of esters is 1. The Kier molecular flexibility index (Phi) is 5.01. The van der Waals surface area contributed by atoms with Gasteiger partial charge in [0.1, 0.15) is 11.4 Å². The molecular weight excluding hydrogens is 334 g/mol. The van der Waals surface area contributed by atoms with E-state index in [1.807, 2.05) is 23.1 Å². The van der Waals surface area contributed by atoms with E-state index >= 15 is 0 Å². The van der Waals surface area contributed by atoms with Crippen molar-refractivity contribution in [1.82, 2.24) is 0 Å². The van der Waals surface area contributed by atoms with Gasteiger partial charge >= 0.3 is 5.97 Å². The van der Waals surface area contributed by atoms with Crippen LogP contribution in [0, 0.1) is 0 Å². The first-order valence-electron chi connectivity index (χ1n) is 8.73. The maximum Gasteiger partial charge on any atom is 0.310 e. The summed E-state index contributed by atoms with van der Waals surface area (Å²) >= 11 is 0. The van der Waals surface area contributed by atoms with Crippen LogP contribution in [-0.2, 0) is 16.0 Å². The van der Waals surface area contributed by atoms with Gasteiger partial charge in [0, 0.05) is 0 Å². The Bertz CT molecular complexity index is 753. The molecule has 26 heavy (non-hydrogen) atoms. The van der Waals surface area contributed by atoms with Gasteiger partial charge in [0.05, 0.1) is 26.3 Å². The van der Waals surface area contributed by atoms with Crippen LogP contribution in [0.5, 0.6) is 5.75 Å². The molecule has 0 atom stereocenters. The lowest BCUT2D eigenvalue weighted by Gasteiger charge is -2.46. The topological polar surface area (TPSA) is 116 Å². The Morgan fingerprint density at radius 2 is 1.96 bits per heavy atom. The van der Waals surface area contributed by atoms with Gasteiger partial charge in [-0.3, -0.25) is 9.69 Å². The summed E-state index contributed by atoms with van der Waals surface area (Å²) in [6.07, 6.45) is 4.88. The number of hydrogen-bond acceptors (Lipinski definition) is 8. The number of aliphatic imine (C=N–C) groups is 2. The van der Waals surface area contributed by atoms with Crippen molar-refractivity contribution in [2.24, 2.45) is 21.5 Å². The van der Waals surface area contributed by atoms with E-state index in [0.717, 1.165) is 37.7 Å². The zero-order valence-corrected chi connectivity index (χ0v) is 15.2. The number of ether oxygens (including phenoxy) is 2. The number of para-hydroxylation sites is 1. The van der Waals surface area contributed by atoms with Crippen molar-refractivity contribution < 1.29 is 14.3 Å². The molecule has 2 aliphatic rings. The van der Waals surface area contributed by atoms with E-state index < -0.39 is 5.66 Å². The van der Waals surface area contributed by atoms with E-state index in [1.165, 1.54) is 7.11 Å². The summed E-state index contributed by atoms with van der Waals surface area (Å²) < 4.78 is 10.4. The van der Waals surface area contributed by atoms with Gasteiger partial charge in [-0.15, -0.1) is 0 Å². The molecule has 1 aromatic carbocycles. The Balaban J connectivity index is 2.16. The van der Waals surface area contributed by atoms with Crippen LogP contribution in [0.1, 0.15) is 37.7 Å². The predicted octanol–water partition coefficient (Wildman–Crippen LogP) is 1.52. The summed E-state index contributed by atoms with van der Waals surface area (Å²) in [5, 5.41) is 0. The molecule has 8 nitrogen and oxygen atoms in total. The van der Waals surface area contributed by atoms with E-state index in [2.05, 4.69) is 9.98 Å². The predicted molar refractivity (Wildman–Crippen MR) is 100 cm³/mol. The summed E-state index contributed by atoms with van der Waals surface area (Å²) in [5.41, 5.74) is 13.1. The maximum absolute atomic E-state index is 11.9. The second-order valence-electron chi connectivity index (χ2n) is 6.54. The second kappa shape index (κ2) is 7.23. The highest BCUT2D eigenvalue weighted by Crippen LogP contribution is 2.44. The van der Waals surface area contributed by atoms with Crippen molar-refractivity contribution in [1.29, 1.82) is 0 Å². The molecule has 1 fully saturated rings. The van der Waals surface area contributed by atoms with Gasteiger partial charge < -0.3 is 20.9 Å². The number of carbonyl (C=O) groups excluding carboxylic acids is 1. The lowest BCUT2D eigenvalue weighted by molar-refractivity contribution is -0.139. The van der Waals surface area contributed by atoms with Crippen LogP contribution >= 0.6 is 0 Å². The highest BCUT2D eigenvalue weighted by molar-refractivity contribution is 6.07. The van der Waals surface area contributed by atoms with E-state index in [4.69, 9.17) is 20.9 Å². The van der Waals surface area contributed by atoms with Crippen LogP contribution < -0.4 is 21.1 Å². The number of rotatable bonds is 4. The van der Waals surface area contributed by atoms with Gasteiger partial charge in [-0.05, 0) is 37.3 Å². The fourth-order valence-electron chi connectivity index (χ4n) is 3.80. The molecule has 0 unspecified atom stereocenters. The van der Waals surface area contributed by atoms with Crippen molar-refractivity contribution in [2.75, 3.05) is 19.1 Å². The zero-order valence-electron chi connectivity index (χ0n) is 15.2. The molecule has 0 aromatic heterocycles. The van der Waals surface area contributed by atoms with Crippen LogP contribution in [0.25, 0.3) is 0 Å². The van der Waals surface area contributed by atoms with Crippen molar-refractivity contribution >= 4 is 23.6 Å². The Labute approximate surface area is 152 Å². The zero-order chi connectivity index (χ0) is 18.7. The van der Waals surface area contributed by atoms with Crippen molar-refractivity contribution in [2.45, 2.75) is 44.2 Å². The number of guanidine groups is 2. The molecule has 140 valence electrons. The van der Waals surface area contributed by atoms with Gasteiger partial charge in [0.25, 0.3) is 0 Å². The first-order chi connectivity index (χ1) is 12.5. The van der Waals surface area contributed by atoms with Gasteiger partial charge in [0.2, 0.25) is 11.9 Å².